The molecule has 0 bridgehead atoms. The first-order chi connectivity index (χ1) is 16.0. The van der Waals surface area contributed by atoms with Crippen molar-refractivity contribution >= 4 is 33.7 Å². The maximum absolute atomic E-state index is 9.10. The van der Waals surface area contributed by atoms with Gasteiger partial charge >= 0.3 is 11.9 Å². The van der Waals surface area contributed by atoms with Gasteiger partial charge in [0.15, 0.2) is 11.5 Å². The van der Waals surface area contributed by atoms with E-state index in [4.69, 9.17) is 29.3 Å². The summed E-state index contributed by atoms with van der Waals surface area (Å²) in [6.45, 7) is 5.12. The molecule has 2 heterocycles. The number of ether oxygens (including phenoxy) is 2. The number of nitrogens with one attached hydrogen (secondary N) is 1. The number of nitrogens with zero attached hydrogens (tertiary/aromatic N) is 1. The Morgan fingerprint density at radius 1 is 0.848 bits per heavy atom. The van der Waals surface area contributed by atoms with Gasteiger partial charge in [-0.25, -0.2) is 9.59 Å². The van der Waals surface area contributed by atoms with Gasteiger partial charge in [0.05, 0.1) is 0 Å². The third kappa shape index (κ3) is 4.75. The van der Waals surface area contributed by atoms with Gasteiger partial charge in [-0.05, 0) is 48.4 Å². The Labute approximate surface area is 190 Å². The molecular formula is C25H24N2O6. The highest BCUT2D eigenvalue weighted by atomic mass is 16.7. The van der Waals surface area contributed by atoms with Crippen molar-refractivity contribution in [1.82, 2.24) is 9.88 Å². The fraction of sp³-hybridized carbons (Fsp3) is 0.200. The van der Waals surface area contributed by atoms with Gasteiger partial charge in [-0.3, -0.25) is 0 Å². The number of aryl methyl sites for hydroxylation is 1. The van der Waals surface area contributed by atoms with E-state index < -0.39 is 11.9 Å². The van der Waals surface area contributed by atoms with Crippen molar-refractivity contribution < 1.29 is 29.3 Å². The molecule has 1 aliphatic rings. The Hall–Kier alpha value is -4.04. The van der Waals surface area contributed by atoms with Gasteiger partial charge in [0.1, 0.15) is 0 Å². The summed E-state index contributed by atoms with van der Waals surface area (Å²) in [6, 6.07) is 21.5. The molecule has 4 aromatic rings. The van der Waals surface area contributed by atoms with Crippen LogP contribution in [0, 0.1) is 0 Å². The fourth-order valence-corrected chi connectivity index (χ4v) is 3.95. The van der Waals surface area contributed by atoms with Gasteiger partial charge in [-0.1, -0.05) is 30.3 Å². The third-order valence-corrected chi connectivity index (χ3v) is 5.43. The zero-order valence-corrected chi connectivity index (χ0v) is 18.1. The van der Waals surface area contributed by atoms with Crippen LogP contribution in [0.4, 0.5) is 0 Å². The minimum absolute atomic E-state index is 0.317. The lowest BCUT2D eigenvalue weighted by Gasteiger charge is -2.07. The molecule has 0 saturated heterocycles. The Balaban J connectivity index is 0.000000385. The average molecular weight is 448 g/mol. The number of hydrogen-bond acceptors (Lipinski definition) is 5. The lowest BCUT2D eigenvalue weighted by molar-refractivity contribution is -0.159. The smallest absolute Gasteiger partial charge is 0.414 e. The number of aliphatic carboxylic acids is 2. The van der Waals surface area contributed by atoms with E-state index in [-0.39, 0.29) is 0 Å². The molecule has 1 aromatic heterocycles. The maximum Gasteiger partial charge on any atom is 0.414 e. The zero-order chi connectivity index (χ0) is 23.4. The summed E-state index contributed by atoms with van der Waals surface area (Å²) in [7, 11) is 0. The molecule has 0 saturated carbocycles. The Morgan fingerprint density at radius 3 is 2.21 bits per heavy atom. The van der Waals surface area contributed by atoms with E-state index >= 15 is 0 Å². The largest absolute Gasteiger partial charge is 0.473 e. The van der Waals surface area contributed by atoms with Crippen molar-refractivity contribution in [3.63, 3.8) is 0 Å². The van der Waals surface area contributed by atoms with E-state index in [1.165, 1.54) is 32.9 Å². The molecule has 0 fully saturated rings. The number of carboxylic acids is 2. The minimum Gasteiger partial charge on any atom is -0.473 e. The summed E-state index contributed by atoms with van der Waals surface area (Å²) in [4.78, 5) is 18.2. The molecular weight excluding hydrogens is 424 g/mol. The van der Waals surface area contributed by atoms with E-state index in [0.717, 1.165) is 31.1 Å². The number of aromatic nitrogens is 1. The van der Waals surface area contributed by atoms with Crippen LogP contribution in [0.2, 0.25) is 0 Å². The molecule has 3 aromatic carbocycles. The normalized spacial score (nSPS) is 11.9. The van der Waals surface area contributed by atoms with Gasteiger partial charge in [0, 0.05) is 41.4 Å². The first-order valence-electron chi connectivity index (χ1n) is 10.5. The Kier molecular flexibility index (Phi) is 6.46. The molecule has 8 heteroatoms. The van der Waals surface area contributed by atoms with Crippen LogP contribution in [0.1, 0.15) is 18.1 Å². The number of fused-ring (bicyclic) bond motifs is 4. The van der Waals surface area contributed by atoms with Crippen LogP contribution in [0.3, 0.4) is 0 Å². The molecule has 0 radical (unpaired) electrons. The fourth-order valence-electron chi connectivity index (χ4n) is 3.95. The van der Waals surface area contributed by atoms with E-state index in [0.29, 0.717) is 6.79 Å². The predicted molar refractivity (Wildman–Crippen MR) is 123 cm³/mol. The van der Waals surface area contributed by atoms with Crippen molar-refractivity contribution in [2.45, 2.75) is 26.6 Å². The molecule has 0 atom stereocenters. The summed E-state index contributed by atoms with van der Waals surface area (Å²) < 4.78 is 13.2. The summed E-state index contributed by atoms with van der Waals surface area (Å²) in [5, 5.41) is 21.0. The number of carboxylic acid groups (broad SMARTS) is 2. The van der Waals surface area contributed by atoms with Gasteiger partial charge < -0.3 is 29.6 Å². The maximum atomic E-state index is 9.10. The predicted octanol–water partition coefficient (Wildman–Crippen LogP) is 3.99. The molecule has 0 spiro atoms. The van der Waals surface area contributed by atoms with Crippen LogP contribution in [-0.4, -0.2) is 33.5 Å². The van der Waals surface area contributed by atoms with Gasteiger partial charge in [-0.15, -0.1) is 0 Å². The highest BCUT2D eigenvalue weighted by molar-refractivity contribution is 6.27. The highest BCUT2D eigenvalue weighted by Crippen LogP contribution is 2.32. The lowest BCUT2D eigenvalue weighted by atomic mass is 10.1. The van der Waals surface area contributed by atoms with E-state index in [1.807, 2.05) is 12.1 Å². The number of rotatable bonds is 5. The Morgan fingerprint density at radius 2 is 1.48 bits per heavy atom. The van der Waals surface area contributed by atoms with Crippen molar-refractivity contribution in [2.75, 3.05) is 6.79 Å². The van der Waals surface area contributed by atoms with Crippen LogP contribution in [0.15, 0.2) is 60.7 Å². The molecule has 0 unspecified atom stereocenters. The molecule has 0 amide bonds. The van der Waals surface area contributed by atoms with Gasteiger partial charge in [0.2, 0.25) is 6.79 Å². The van der Waals surface area contributed by atoms with E-state index in [2.05, 4.69) is 65.3 Å². The molecule has 33 heavy (non-hydrogen) atoms. The van der Waals surface area contributed by atoms with Crippen LogP contribution in [0.5, 0.6) is 11.5 Å². The monoisotopic (exact) mass is 448 g/mol. The number of para-hydroxylation sites is 1. The first kappa shape index (κ1) is 22.2. The second-order valence-corrected chi connectivity index (χ2v) is 7.51. The molecule has 8 nitrogen and oxygen atoms in total. The third-order valence-electron chi connectivity index (χ3n) is 5.43. The van der Waals surface area contributed by atoms with Crippen molar-refractivity contribution in [1.29, 1.82) is 0 Å². The minimum atomic E-state index is -1.82. The quantitative estimate of drug-likeness (QED) is 0.396. The van der Waals surface area contributed by atoms with Gasteiger partial charge in [-0.2, -0.15) is 0 Å². The second-order valence-electron chi connectivity index (χ2n) is 7.51. The average Bonchev–Trinajstić information content (AvgIpc) is 3.41. The van der Waals surface area contributed by atoms with Crippen LogP contribution < -0.4 is 14.8 Å². The second kappa shape index (κ2) is 9.62. The molecule has 1 aliphatic heterocycles. The SMILES string of the molecule is CCn1c2ccccc2c2cc(CNCc3ccc4c(c3)OCO4)ccc21.O=C(O)C(=O)O. The summed E-state index contributed by atoms with van der Waals surface area (Å²) >= 11 is 0. The summed E-state index contributed by atoms with van der Waals surface area (Å²) in [5.41, 5.74) is 5.10. The molecule has 170 valence electrons. The van der Waals surface area contributed by atoms with E-state index in [1.54, 1.807) is 0 Å². The Bertz CT molecular complexity index is 1320. The standard InChI is InChI=1S/C23H22N2O2.C2H2O4/c1-2-25-20-6-4-3-5-18(20)19-11-16(7-9-21(19)25)13-24-14-17-8-10-22-23(12-17)27-15-26-22;3-1(4)2(5)6/h3-12,24H,2,13-15H2,1H3;(H,3,4)(H,5,6). The van der Waals surface area contributed by atoms with Crippen molar-refractivity contribution in [2.24, 2.45) is 0 Å². The van der Waals surface area contributed by atoms with Crippen LogP contribution in [0.25, 0.3) is 21.8 Å². The van der Waals surface area contributed by atoms with Crippen molar-refractivity contribution in [3.05, 3.63) is 71.8 Å². The number of hydrogen-bond donors (Lipinski definition) is 3. The van der Waals surface area contributed by atoms with E-state index in [9.17, 15) is 0 Å². The topological polar surface area (TPSA) is 110 Å². The van der Waals surface area contributed by atoms with Crippen molar-refractivity contribution in [3.8, 4) is 11.5 Å². The lowest BCUT2D eigenvalue weighted by Crippen LogP contribution is -2.12. The van der Waals surface area contributed by atoms with Gasteiger partial charge in [0.25, 0.3) is 0 Å². The molecule has 3 N–H and O–H groups in total. The van der Waals surface area contributed by atoms with Crippen LogP contribution >= 0.6 is 0 Å². The molecule has 0 aliphatic carbocycles. The number of carbonyl (C=O) groups is 2. The zero-order valence-electron chi connectivity index (χ0n) is 18.1. The number of benzene rings is 3. The summed E-state index contributed by atoms with van der Waals surface area (Å²) in [6.07, 6.45) is 0. The first-order valence-corrected chi connectivity index (χ1v) is 10.5. The highest BCUT2D eigenvalue weighted by Gasteiger charge is 2.13. The summed E-state index contributed by atoms with van der Waals surface area (Å²) in [5.74, 6) is -1.98. The molecule has 5 rings (SSSR count). The van der Waals surface area contributed by atoms with Crippen LogP contribution in [-0.2, 0) is 29.2 Å².